The first kappa shape index (κ1) is 53.5. The molecule has 2 heterocycles. The first-order valence-corrected chi connectivity index (χ1v) is 26.9. The first-order valence-electron chi connectivity index (χ1n) is 26.9. The summed E-state index contributed by atoms with van der Waals surface area (Å²) in [4.78, 5) is 23.3. The van der Waals surface area contributed by atoms with E-state index in [2.05, 4.69) is 49.9 Å². The molecule has 3 N–H and O–H groups in total. The molecule has 1 saturated carbocycles. The van der Waals surface area contributed by atoms with Gasteiger partial charge in [-0.25, -0.2) is 0 Å². The maximum atomic E-state index is 15.1. The minimum absolute atomic E-state index is 0.00676. The van der Waals surface area contributed by atoms with E-state index in [1.54, 1.807) is 6.08 Å². The smallest absolute Gasteiger partial charge is 0.239 e. The fraction of sp³-hybridized carbons (Fsp3) is 0.621. The summed E-state index contributed by atoms with van der Waals surface area (Å²) in [7, 11) is 0. The molecule has 1 unspecified atom stereocenters. The van der Waals surface area contributed by atoms with Crippen LogP contribution in [0, 0.1) is 17.8 Å². The molecule has 0 spiro atoms. The van der Waals surface area contributed by atoms with Gasteiger partial charge in [-0.1, -0.05) is 119 Å². The largest absolute Gasteiger partial charge is 0.459 e. The number of unbranched alkanes of at least 4 members (excludes halogenated alkanes) is 10. The molecule has 0 bridgehead atoms. The van der Waals surface area contributed by atoms with Gasteiger partial charge in [0.2, 0.25) is 18.0 Å². The summed E-state index contributed by atoms with van der Waals surface area (Å²) in [6.45, 7) is 7.84. The lowest BCUT2D eigenvalue weighted by molar-refractivity contribution is -0.258. The van der Waals surface area contributed by atoms with Crippen molar-refractivity contribution in [3.63, 3.8) is 0 Å². The lowest BCUT2D eigenvalue weighted by Crippen LogP contribution is -2.70. The van der Waals surface area contributed by atoms with Gasteiger partial charge in [-0.15, -0.1) is 6.58 Å². The summed E-state index contributed by atoms with van der Waals surface area (Å²) in [5.74, 6) is 0.149. The Kier molecular flexibility index (Phi) is 21.5. The molecule has 3 aromatic carbocycles. The van der Waals surface area contributed by atoms with Gasteiger partial charge in [0, 0.05) is 50.5 Å². The average molecular weight is 967 g/mol. The van der Waals surface area contributed by atoms with Crippen LogP contribution in [-0.2, 0) is 23.8 Å². The Labute approximate surface area is 417 Å². The Morgan fingerprint density at radius 1 is 0.843 bits per heavy atom. The van der Waals surface area contributed by atoms with Gasteiger partial charge in [0.15, 0.2) is 0 Å². The van der Waals surface area contributed by atoms with Crippen molar-refractivity contribution >= 4 is 22.4 Å². The molecule has 2 aliphatic carbocycles. The fourth-order valence-corrected chi connectivity index (χ4v) is 11.5. The molecule has 7 atom stereocenters. The Hall–Kier alpha value is -4.30. The van der Waals surface area contributed by atoms with E-state index in [9.17, 15) is 15.3 Å². The van der Waals surface area contributed by atoms with Crippen LogP contribution in [0.2, 0.25) is 0 Å². The van der Waals surface area contributed by atoms with Gasteiger partial charge in [0.1, 0.15) is 23.3 Å². The zero-order chi connectivity index (χ0) is 49.0. The van der Waals surface area contributed by atoms with E-state index < -0.39 is 24.0 Å². The van der Waals surface area contributed by atoms with Crippen LogP contribution < -0.4 is 9.47 Å². The number of fused-ring (bicyclic) bond motifs is 3. The molecule has 0 radical (unpaired) electrons. The number of oxime groups is 1. The van der Waals surface area contributed by atoms with E-state index in [0.717, 1.165) is 97.6 Å². The highest BCUT2D eigenvalue weighted by Gasteiger charge is 2.65. The molecule has 2 aliphatic heterocycles. The minimum Gasteiger partial charge on any atom is -0.459 e. The molecule has 7 rings (SSSR count). The molecular weight excluding hydrogens is 885 g/mol. The van der Waals surface area contributed by atoms with Crippen molar-refractivity contribution in [1.29, 1.82) is 0 Å². The highest BCUT2D eigenvalue weighted by Crippen LogP contribution is 2.62. The molecule has 1 amide bonds. The summed E-state index contributed by atoms with van der Waals surface area (Å²) in [6, 6.07) is 19.8. The number of ether oxygens (including phenoxy) is 5. The van der Waals surface area contributed by atoms with Crippen molar-refractivity contribution in [3.05, 3.63) is 90.5 Å². The highest BCUT2D eigenvalue weighted by atomic mass is 16.8. The van der Waals surface area contributed by atoms with Crippen LogP contribution in [0.3, 0.4) is 0 Å². The molecule has 70 heavy (non-hydrogen) atoms. The maximum absolute atomic E-state index is 15.1. The molecule has 12 heteroatoms. The van der Waals surface area contributed by atoms with Gasteiger partial charge in [-0.05, 0) is 103 Å². The van der Waals surface area contributed by atoms with Crippen LogP contribution in [0.1, 0.15) is 147 Å². The number of hydrogen-bond acceptors (Lipinski definition) is 11. The lowest BCUT2D eigenvalue weighted by Gasteiger charge is -2.60. The topological polar surface area (TPSA) is 149 Å². The molecule has 0 aromatic heterocycles. The summed E-state index contributed by atoms with van der Waals surface area (Å²) in [6.07, 6.45) is 21.9. The van der Waals surface area contributed by atoms with Crippen LogP contribution in [-0.4, -0.2) is 103 Å². The number of nitrogens with zero attached hydrogens (tertiary/aromatic N) is 2. The quantitative estimate of drug-likeness (QED) is 0.0323. The predicted molar refractivity (Wildman–Crippen MR) is 275 cm³/mol. The zero-order valence-corrected chi connectivity index (χ0v) is 42.0. The second-order valence-electron chi connectivity index (χ2n) is 19.8. The van der Waals surface area contributed by atoms with Crippen molar-refractivity contribution in [2.45, 2.75) is 159 Å². The van der Waals surface area contributed by atoms with Crippen molar-refractivity contribution in [2.24, 2.45) is 22.9 Å². The summed E-state index contributed by atoms with van der Waals surface area (Å²) in [5, 5.41) is 37.1. The van der Waals surface area contributed by atoms with E-state index in [1.807, 2.05) is 35.2 Å². The number of aliphatic hydroxyl groups is 3. The Morgan fingerprint density at radius 3 is 2.33 bits per heavy atom. The van der Waals surface area contributed by atoms with Crippen LogP contribution in [0.5, 0.6) is 17.2 Å². The Morgan fingerprint density at radius 2 is 1.59 bits per heavy atom. The van der Waals surface area contributed by atoms with Gasteiger partial charge in [-0.2, -0.15) is 0 Å². The minimum atomic E-state index is -1.39. The number of allylic oxidation sites excluding steroid dienone is 1. The molecule has 2 fully saturated rings. The van der Waals surface area contributed by atoms with Crippen molar-refractivity contribution in [1.82, 2.24) is 4.90 Å². The number of rotatable bonds is 31. The molecule has 1 saturated heterocycles. The SMILES string of the molecule is C=CCO[C@@]12Oc3ccc(Oc4ccc5ccccc5c4)cc3[C@H]3[C@H](CCCCO)[C@@H](CCCCO)C=C(C(=NOC4CCCCO4)C[C@@H]1N(CCOCCO)C(=O)CCCCCCCCCCC)[C@H]32. The molecule has 3 aromatic rings. The first-order chi connectivity index (χ1) is 34.4. The third-order valence-electron chi connectivity index (χ3n) is 14.9. The Bertz CT molecular complexity index is 2140. The van der Waals surface area contributed by atoms with Gasteiger partial charge >= 0.3 is 0 Å². The third kappa shape index (κ3) is 13.8. The van der Waals surface area contributed by atoms with Crippen molar-refractivity contribution < 1.29 is 48.6 Å². The van der Waals surface area contributed by atoms with Gasteiger partial charge in [-0.3, -0.25) is 4.79 Å². The summed E-state index contributed by atoms with van der Waals surface area (Å²) in [5.41, 5.74) is 2.70. The standard InChI is InChI=1S/C58H82N2O10/c1-3-5-6-7-8-9-10-11-12-25-54(64)60(31-37-65-38-34-63)53-42-51(59-70-55-26-17-20-36-66-55)49-40-45(23-15-18-32-61)48(24-16-19-33-62)56-50-41-47(68-46-28-27-43-21-13-14-22-44(43)39-46)29-30-52(50)69-58(53,57(49)56)67-35-4-2/h4,13-14,21-22,27-30,39-41,45,48,53,55-57,61-63H,2-3,5-12,15-20,23-26,31-38,42H2,1H3/t45-,48+,53-,55?,56+,57+,58+/m0/s1. The fourth-order valence-electron chi connectivity index (χ4n) is 11.5. The molecule has 384 valence electrons. The van der Waals surface area contributed by atoms with Crippen LogP contribution in [0.15, 0.2) is 90.1 Å². The lowest BCUT2D eigenvalue weighted by atomic mass is 9.55. The van der Waals surface area contributed by atoms with Crippen molar-refractivity contribution in [3.8, 4) is 17.2 Å². The van der Waals surface area contributed by atoms with E-state index in [-0.39, 0.29) is 69.8 Å². The summed E-state index contributed by atoms with van der Waals surface area (Å²) >= 11 is 0. The second kappa shape index (κ2) is 28.1. The number of amides is 1. The normalized spacial score (nSPS) is 24.3. The van der Waals surface area contributed by atoms with E-state index >= 15 is 4.79 Å². The van der Waals surface area contributed by atoms with Crippen LogP contribution >= 0.6 is 0 Å². The van der Waals surface area contributed by atoms with Gasteiger partial charge < -0.3 is 48.7 Å². The number of carbonyl (C=O) groups is 1. The number of carbonyl (C=O) groups excluding carboxylic acids is 1. The summed E-state index contributed by atoms with van der Waals surface area (Å²) < 4.78 is 33.4. The molecule has 4 aliphatic rings. The third-order valence-corrected chi connectivity index (χ3v) is 14.9. The highest BCUT2D eigenvalue weighted by molar-refractivity contribution is 6.03. The van der Waals surface area contributed by atoms with E-state index in [1.165, 1.54) is 38.5 Å². The molecular formula is C58H82N2O10. The van der Waals surface area contributed by atoms with E-state index in [0.29, 0.717) is 43.8 Å². The second-order valence-corrected chi connectivity index (χ2v) is 19.8. The number of aliphatic hydroxyl groups excluding tert-OH is 3. The van der Waals surface area contributed by atoms with Crippen LogP contribution in [0.4, 0.5) is 0 Å². The van der Waals surface area contributed by atoms with Gasteiger partial charge in [0.05, 0.1) is 44.7 Å². The number of hydrogen-bond donors (Lipinski definition) is 3. The monoisotopic (exact) mass is 967 g/mol. The number of benzene rings is 3. The predicted octanol–water partition coefficient (Wildman–Crippen LogP) is 11.6. The Balaban J connectivity index is 1.34. The van der Waals surface area contributed by atoms with Crippen molar-refractivity contribution in [2.75, 3.05) is 52.8 Å². The average Bonchev–Trinajstić information content (AvgIpc) is 3.38. The maximum Gasteiger partial charge on any atom is 0.239 e. The van der Waals surface area contributed by atoms with Crippen LogP contribution in [0.25, 0.3) is 10.8 Å². The zero-order valence-electron chi connectivity index (χ0n) is 42.0. The molecule has 12 nitrogen and oxygen atoms in total. The van der Waals surface area contributed by atoms with Gasteiger partial charge in [0.25, 0.3) is 0 Å². The van der Waals surface area contributed by atoms with E-state index in [4.69, 9.17) is 33.7 Å².